The van der Waals surface area contributed by atoms with Crippen molar-refractivity contribution in [2.24, 2.45) is 0 Å². The molecule has 0 amide bonds. The number of rotatable bonds is 5. The van der Waals surface area contributed by atoms with Gasteiger partial charge in [-0.05, 0) is 6.92 Å². The largest absolute Gasteiger partial charge is 0.340 e. The van der Waals surface area contributed by atoms with Gasteiger partial charge in [-0.1, -0.05) is 13.8 Å². The number of aliphatic hydroxyl groups is 1. The van der Waals surface area contributed by atoms with E-state index in [-0.39, 0.29) is 0 Å². The molecule has 0 saturated carbocycles. The Morgan fingerprint density at radius 1 is 1.25 bits per heavy atom. The topological polar surface area (TPSA) is 57.2 Å². The molecule has 1 unspecified atom stereocenters. The smallest absolute Gasteiger partial charge is 0.334 e. The fraction of sp³-hybridized carbons (Fsp3) is 1.00. The molecule has 12 heavy (non-hydrogen) atoms. The average Bonchev–Trinajstić information content (AvgIpc) is 2.05. The van der Waals surface area contributed by atoms with E-state index < -0.39 is 5.97 Å². The second-order valence-electron chi connectivity index (χ2n) is 1.64. The van der Waals surface area contributed by atoms with Crippen LogP contribution in [0.4, 0.5) is 0 Å². The maximum absolute atomic E-state index is 8.95. The maximum atomic E-state index is 8.95. The van der Waals surface area contributed by atoms with E-state index in [4.69, 9.17) is 5.11 Å². The van der Waals surface area contributed by atoms with Crippen LogP contribution in [-0.4, -0.2) is 24.8 Å². The van der Waals surface area contributed by atoms with E-state index in [0.717, 1.165) is 0 Å². The van der Waals surface area contributed by atoms with E-state index in [1.54, 1.807) is 6.92 Å². The Morgan fingerprint density at radius 2 is 1.75 bits per heavy atom. The van der Waals surface area contributed by atoms with Crippen LogP contribution in [-0.2, 0) is 19.6 Å². The second kappa shape index (κ2) is 8.89. The molecule has 0 rings (SSSR count). The van der Waals surface area contributed by atoms with Gasteiger partial charge in [-0.15, -0.1) is 0 Å². The van der Waals surface area contributed by atoms with Crippen LogP contribution >= 0.6 is 0 Å². The molecule has 76 valence electrons. The van der Waals surface area contributed by atoms with Crippen LogP contribution in [0.3, 0.4) is 0 Å². The molecule has 0 saturated heterocycles. The third kappa shape index (κ3) is 9.80. The fourth-order valence-electron chi connectivity index (χ4n) is 0.337. The standard InChI is InChI=1S/C5H12O5.C2H6/c1-4-8-10-5(2,6)9-7-3;1-2/h6H,4H2,1-3H3;1-2H3. The van der Waals surface area contributed by atoms with Crippen molar-refractivity contribution in [1.29, 1.82) is 0 Å². The highest BCUT2D eigenvalue weighted by molar-refractivity contribution is 4.30. The lowest BCUT2D eigenvalue weighted by Crippen LogP contribution is -2.31. The molecule has 0 aromatic carbocycles. The summed E-state index contributed by atoms with van der Waals surface area (Å²) in [5.74, 6) is -1.84. The van der Waals surface area contributed by atoms with Gasteiger partial charge in [0, 0.05) is 6.92 Å². The molecular formula is C7H18O5. The highest BCUT2D eigenvalue weighted by Crippen LogP contribution is 2.07. The zero-order valence-corrected chi connectivity index (χ0v) is 8.29. The van der Waals surface area contributed by atoms with Crippen LogP contribution < -0.4 is 0 Å². The van der Waals surface area contributed by atoms with Gasteiger partial charge < -0.3 is 5.11 Å². The minimum absolute atomic E-state index is 0.323. The molecule has 0 fully saturated rings. The lowest BCUT2D eigenvalue weighted by molar-refractivity contribution is -0.559. The summed E-state index contributed by atoms with van der Waals surface area (Å²) < 4.78 is 0. The molecule has 0 radical (unpaired) electrons. The third-order valence-corrected chi connectivity index (χ3v) is 0.569. The first-order chi connectivity index (χ1) is 5.62. The molecule has 0 heterocycles. The van der Waals surface area contributed by atoms with Crippen LogP contribution in [0.15, 0.2) is 0 Å². The minimum atomic E-state index is -1.84. The normalized spacial score (nSPS) is 14.5. The van der Waals surface area contributed by atoms with E-state index in [1.165, 1.54) is 14.0 Å². The van der Waals surface area contributed by atoms with E-state index in [2.05, 4.69) is 19.6 Å². The lowest BCUT2D eigenvalue weighted by Gasteiger charge is -2.18. The van der Waals surface area contributed by atoms with Crippen molar-refractivity contribution >= 4 is 0 Å². The molecular weight excluding hydrogens is 164 g/mol. The Kier molecular flexibility index (Phi) is 10.6. The van der Waals surface area contributed by atoms with Crippen LogP contribution in [0.1, 0.15) is 27.7 Å². The van der Waals surface area contributed by atoms with Crippen LogP contribution in [0.2, 0.25) is 0 Å². The highest BCUT2D eigenvalue weighted by atomic mass is 17.3. The van der Waals surface area contributed by atoms with Crippen LogP contribution in [0.25, 0.3) is 0 Å². The maximum Gasteiger partial charge on any atom is 0.334 e. The van der Waals surface area contributed by atoms with Crippen molar-refractivity contribution in [2.45, 2.75) is 33.7 Å². The summed E-state index contributed by atoms with van der Waals surface area (Å²) in [6.07, 6.45) is 0. The molecule has 5 nitrogen and oxygen atoms in total. The quantitative estimate of drug-likeness (QED) is 0.393. The molecule has 0 aliphatic carbocycles. The molecule has 0 aliphatic heterocycles. The van der Waals surface area contributed by atoms with E-state index in [1.807, 2.05) is 13.8 Å². The van der Waals surface area contributed by atoms with Gasteiger partial charge in [0.15, 0.2) is 0 Å². The molecule has 1 N–H and O–H groups in total. The van der Waals surface area contributed by atoms with Gasteiger partial charge in [0.05, 0.1) is 13.7 Å². The number of hydrogen-bond donors (Lipinski definition) is 1. The number of hydrogen-bond acceptors (Lipinski definition) is 5. The Morgan fingerprint density at radius 3 is 2.08 bits per heavy atom. The summed E-state index contributed by atoms with van der Waals surface area (Å²) in [6, 6.07) is 0. The Bertz CT molecular complexity index is 83.9. The van der Waals surface area contributed by atoms with Crippen molar-refractivity contribution in [2.75, 3.05) is 13.7 Å². The highest BCUT2D eigenvalue weighted by Gasteiger charge is 2.24. The molecule has 5 heteroatoms. The van der Waals surface area contributed by atoms with Crippen molar-refractivity contribution in [3.8, 4) is 0 Å². The van der Waals surface area contributed by atoms with Crippen LogP contribution in [0.5, 0.6) is 0 Å². The summed E-state index contributed by atoms with van der Waals surface area (Å²) in [5, 5.41) is 8.95. The summed E-state index contributed by atoms with van der Waals surface area (Å²) >= 11 is 0. The first-order valence-corrected chi connectivity index (χ1v) is 3.87. The first-order valence-electron chi connectivity index (χ1n) is 3.87. The van der Waals surface area contributed by atoms with E-state index in [9.17, 15) is 0 Å². The first kappa shape index (κ1) is 14.3. The van der Waals surface area contributed by atoms with Crippen molar-refractivity contribution in [3.63, 3.8) is 0 Å². The van der Waals surface area contributed by atoms with E-state index >= 15 is 0 Å². The van der Waals surface area contributed by atoms with Gasteiger partial charge in [0.1, 0.15) is 0 Å². The summed E-state index contributed by atoms with van der Waals surface area (Å²) in [5.41, 5.74) is 0. The van der Waals surface area contributed by atoms with Gasteiger partial charge in [-0.2, -0.15) is 9.78 Å². The van der Waals surface area contributed by atoms with E-state index in [0.29, 0.717) is 6.61 Å². The predicted molar refractivity (Wildman–Crippen MR) is 42.8 cm³/mol. The van der Waals surface area contributed by atoms with Gasteiger partial charge in [-0.3, -0.25) is 0 Å². The summed E-state index contributed by atoms with van der Waals surface area (Å²) in [6.45, 7) is 7.28. The summed E-state index contributed by atoms with van der Waals surface area (Å²) in [4.78, 5) is 17.1. The van der Waals surface area contributed by atoms with Crippen molar-refractivity contribution < 1.29 is 24.7 Å². The lowest BCUT2D eigenvalue weighted by atomic mass is 10.7. The van der Waals surface area contributed by atoms with Crippen LogP contribution in [0, 0.1) is 0 Å². The zero-order valence-electron chi connectivity index (χ0n) is 8.29. The second-order valence-corrected chi connectivity index (χ2v) is 1.64. The van der Waals surface area contributed by atoms with Gasteiger partial charge in [0.25, 0.3) is 0 Å². The van der Waals surface area contributed by atoms with Crippen molar-refractivity contribution in [3.05, 3.63) is 0 Å². The molecule has 1 atom stereocenters. The minimum Gasteiger partial charge on any atom is -0.340 e. The molecule has 0 aromatic rings. The monoisotopic (exact) mass is 182 g/mol. The zero-order chi connectivity index (χ0) is 10.0. The molecule has 0 spiro atoms. The molecule has 0 aromatic heterocycles. The third-order valence-electron chi connectivity index (χ3n) is 0.569. The van der Waals surface area contributed by atoms with Gasteiger partial charge >= 0.3 is 5.97 Å². The Balaban J connectivity index is 0. The van der Waals surface area contributed by atoms with Crippen molar-refractivity contribution in [1.82, 2.24) is 0 Å². The summed E-state index contributed by atoms with van der Waals surface area (Å²) in [7, 11) is 1.25. The van der Waals surface area contributed by atoms with Gasteiger partial charge in [-0.25, -0.2) is 9.78 Å². The Labute approximate surface area is 73.0 Å². The SMILES string of the molecule is CC.CCOOC(C)(O)OOC. The average molecular weight is 182 g/mol. The predicted octanol–water partition coefficient (Wildman–Crippen LogP) is 1.22. The fourth-order valence-corrected chi connectivity index (χ4v) is 0.337. The van der Waals surface area contributed by atoms with Gasteiger partial charge in [0.2, 0.25) is 0 Å². The molecule has 0 bridgehead atoms. The molecule has 0 aliphatic rings. The Hall–Kier alpha value is -0.200.